The molecule has 1 fully saturated rings. The lowest BCUT2D eigenvalue weighted by molar-refractivity contribution is 0.0593. The molecule has 0 amide bonds. The first-order valence-electron chi connectivity index (χ1n) is 9.79. The Morgan fingerprint density at radius 1 is 1.13 bits per heavy atom. The highest BCUT2D eigenvalue weighted by Gasteiger charge is 2.29. The van der Waals surface area contributed by atoms with Crippen LogP contribution in [0.4, 0.5) is 4.39 Å². The number of halogens is 1. The highest BCUT2D eigenvalue weighted by atomic mass is 32.2. The van der Waals surface area contributed by atoms with E-state index in [4.69, 9.17) is 4.74 Å². The molecule has 0 atom stereocenters. The van der Waals surface area contributed by atoms with Gasteiger partial charge in [-0.3, -0.25) is 0 Å². The second-order valence-electron chi connectivity index (χ2n) is 7.56. The maximum Gasteiger partial charge on any atom is 0.355 e. The zero-order valence-electron chi connectivity index (χ0n) is 16.8. The summed E-state index contributed by atoms with van der Waals surface area (Å²) >= 11 is 0. The molecule has 0 aliphatic carbocycles. The van der Waals surface area contributed by atoms with Gasteiger partial charge in [0.1, 0.15) is 11.5 Å². The molecule has 4 rings (SSSR count). The molecular formula is C22H23FN2O4S. The Balaban J connectivity index is 1.97. The topological polar surface area (TPSA) is 77.4 Å². The minimum atomic E-state index is -4.10. The molecule has 30 heavy (non-hydrogen) atoms. The molecule has 1 saturated heterocycles. The Hall–Kier alpha value is -2.71. The summed E-state index contributed by atoms with van der Waals surface area (Å²) in [4.78, 5) is 12.4. The van der Waals surface area contributed by atoms with Gasteiger partial charge < -0.3 is 10.1 Å². The van der Waals surface area contributed by atoms with E-state index in [1.54, 1.807) is 18.2 Å². The molecule has 1 aliphatic rings. The molecule has 158 valence electrons. The van der Waals surface area contributed by atoms with E-state index in [0.29, 0.717) is 10.9 Å². The van der Waals surface area contributed by atoms with E-state index in [1.807, 2.05) is 6.92 Å². The highest BCUT2D eigenvalue weighted by molar-refractivity contribution is 7.90. The Kier molecular flexibility index (Phi) is 5.38. The quantitative estimate of drug-likeness (QED) is 0.640. The van der Waals surface area contributed by atoms with Crippen LogP contribution in [0, 0.1) is 12.7 Å². The molecule has 1 aliphatic heterocycles. The van der Waals surface area contributed by atoms with Crippen molar-refractivity contribution in [2.75, 3.05) is 20.2 Å². The summed E-state index contributed by atoms with van der Waals surface area (Å²) in [5, 5.41) is 3.58. The largest absolute Gasteiger partial charge is 0.464 e. The average Bonchev–Trinajstić information content (AvgIpc) is 3.12. The molecule has 0 radical (unpaired) electrons. The first-order chi connectivity index (χ1) is 14.3. The number of benzene rings is 2. The zero-order valence-corrected chi connectivity index (χ0v) is 17.6. The van der Waals surface area contributed by atoms with Crippen molar-refractivity contribution in [3.8, 4) is 0 Å². The molecule has 8 heteroatoms. The number of carbonyl (C=O) groups excluding carboxylic acids is 1. The van der Waals surface area contributed by atoms with E-state index < -0.39 is 21.8 Å². The van der Waals surface area contributed by atoms with Gasteiger partial charge in [0, 0.05) is 5.39 Å². The van der Waals surface area contributed by atoms with Crippen LogP contribution in [-0.4, -0.2) is 38.6 Å². The van der Waals surface area contributed by atoms with Crippen molar-refractivity contribution in [3.05, 3.63) is 65.1 Å². The fourth-order valence-electron chi connectivity index (χ4n) is 3.99. The van der Waals surface area contributed by atoms with Gasteiger partial charge in [-0.2, -0.15) is 0 Å². The van der Waals surface area contributed by atoms with Crippen LogP contribution in [0.5, 0.6) is 0 Å². The van der Waals surface area contributed by atoms with Crippen LogP contribution >= 0.6 is 0 Å². The number of methoxy groups -OCH3 is 1. The predicted octanol–water partition coefficient (Wildman–Crippen LogP) is 3.58. The van der Waals surface area contributed by atoms with Crippen molar-refractivity contribution in [2.24, 2.45) is 0 Å². The predicted molar refractivity (Wildman–Crippen MR) is 112 cm³/mol. The summed E-state index contributed by atoms with van der Waals surface area (Å²) < 4.78 is 47.6. The molecule has 6 nitrogen and oxygen atoms in total. The van der Waals surface area contributed by atoms with Gasteiger partial charge in [-0.15, -0.1) is 0 Å². The molecule has 0 saturated carbocycles. The van der Waals surface area contributed by atoms with Crippen molar-refractivity contribution < 1.29 is 22.3 Å². The Morgan fingerprint density at radius 2 is 1.80 bits per heavy atom. The maximum absolute atomic E-state index is 14.9. The number of carbonyl (C=O) groups is 1. The SMILES string of the molecule is COC(=O)c1cc2cc(F)c(C3CCNCC3)cc2n1S(=O)(=O)c1ccc(C)cc1. The maximum atomic E-state index is 14.9. The van der Waals surface area contributed by atoms with Gasteiger partial charge in [-0.1, -0.05) is 17.7 Å². The number of aryl methyl sites for hydroxylation is 1. The number of nitrogens with zero attached hydrogens (tertiary/aromatic N) is 1. The smallest absolute Gasteiger partial charge is 0.355 e. The van der Waals surface area contributed by atoms with Crippen molar-refractivity contribution >= 4 is 26.9 Å². The van der Waals surface area contributed by atoms with Crippen LogP contribution < -0.4 is 5.32 Å². The molecule has 2 heterocycles. The van der Waals surface area contributed by atoms with Gasteiger partial charge in [-0.25, -0.2) is 21.6 Å². The Bertz CT molecular complexity index is 1210. The van der Waals surface area contributed by atoms with Gasteiger partial charge in [0.2, 0.25) is 0 Å². The number of ether oxygens (including phenoxy) is 1. The van der Waals surface area contributed by atoms with E-state index in [1.165, 1.54) is 31.4 Å². The highest BCUT2D eigenvalue weighted by Crippen LogP contribution is 2.34. The molecular weight excluding hydrogens is 407 g/mol. The summed E-state index contributed by atoms with van der Waals surface area (Å²) in [6.07, 6.45) is 1.52. The summed E-state index contributed by atoms with van der Waals surface area (Å²) in [6.45, 7) is 3.41. The number of piperidine rings is 1. The van der Waals surface area contributed by atoms with Crippen LogP contribution in [0.3, 0.4) is 0 Å². The van der Waals surface area contributed by atoms with Crippen LogP contribution in [0.25, 0.3) is 10.9 Å². The van der Waals surface area contributed by atoms with Crippen molar-refractivity contribution in [3.63, 3.8) is 0 Å². The van der Waals surface area contributed by atoms with E-state index in [0.717, 1.165) is 35.5 Å². The molecule has 0 spiro atoms. The van der Waals surface area contributed by atoms with E-state index in [-0.39, 0.29) is 22.0 Å². The van der Waals surface area contributed by atoms with E-state index >= 15 is 0 Å². The third kappa shape index (κ3) is 3.50. The molecule has 1 aromatic heterocycles. The van der Waals surface area contributed by atoms with Gasteiger partial charge in [0.05, 0.1) is 17.5 Å². The lowest BCUT2D eigenvalue weighted by Gasteiger charge is -2.23. The van der Waals surface area contributed by atoms with Crippen molar-refractivity contribution in [1.82, 2.24) is 9.29 Å². The normalized spacial score (nSPS) is 15.4. The number of aromatic nitrogens is 1. The van der Waals surface area contributed by atoms with Gasteiger partial charge in [0.25, 0.3) is 10.0 Å². The molecule has 0 bridgehead atoms. The number of hydrogen-bond donors (Lipinski definition) is 1. The Labute approximate surface area is 174 Å². The van der Waals surface area contributed by atoms with Crippen molar-refractivity contribution in [1.29, 1.82) is 0 Å². The second-order valence-corrected chi connectivity index (χ2v) is 9.35. The minimum Gasteiger partial charge on any atom is -0.464 e. The fourth-order valence-corrected chi connectivity index (χ4v) is 5.48. The molecule has 1 N–H and O–H groups in total. The van der Waals surface area contributed by atoms with Crippen LogP contribution in [0.2, 0.25) is 0 Å². The minimum absolute atomic E-state index is 0.0114. The lowest BCUT2D eigenvalue weighted by atomic mass is 9.89. The monoisotopic (exact) mass is 430 g/mol. The molecule has 0 unspecified atom stereocenters. The summed E-state index contributed by atoms with van der Waals surface area (Å²) in [6, 6.07) is 10.6. The van der Waals surface area contributed by atoms with Gasteiger partial charge in [-0.05, 0) is 74.7 Å². The number of nitrogens with one attached hydrogen (secondary N) is 1. The fraction of sp³-hybridized carbons (Fsp3) is 0.318. The lowest BCUT2D eigenvalue weighted by Crippen LogP contribution is -2.27. The van der Waals surface area contributed by atoms with E-state index in [2.05, 4.69) is 5.32 Å². The molecule has 2 aromatic carbocycles. The summed E-state index contributed by atoms with van der Waals surface area (Å²) in [7, 11) is -2.92. The second kappa shape index (κ2) is 7.85. The average molecular weight is 431 g/mol. The number of hydrogen-bond acceptors (Lipinski definition) is 5. The molecule has 3 aromatic rings. The van der Waals surface area contributed by atoms with Crippen LogP contribution in [0.15, 0.2) is 47.4 Å². The van der Waals surface area contributed by atoms with Gasteiger partial charge in [0.15, 0.2) is 0 Å². The number of rotatable bonds is 4. The third-order valence-electron chi connectivity index (χ3n) is 5.61. The number of esters is 1. The van der Waals surface area contributed by atoms with Crippen LogP contribution in [0.1, 0.15) is 40.4 Å². The first-order valence-corrected chi connectivity index (χ1v) is 11.2. The van der Waals surface area contributed by atoms with E-state index in [9.17, 15) is 17.6 Å². The summed E-state index contributed by atoms with van der Waals surface area (Å²) in [5.74, 6) is -1.20. The third-order valence-corrected chi connectivity index (χ3v) is 7.35. The Morgan fingerprint density at radius 3 is 2.43 bits per heavy atom. The van der Waals surface area contributed by atoms with Crippen LogP contribution in [-0.2, 0) is 14.8 Å². The standard InChI is InChI=1S/C22H23FN2O4S/c1-14-3-5-17(6-4-14)30(27,28)25-20-13-18(15-7-9-24-10-8-15)19(23)11-16(20)12-21(25)22(26)29-2/h3-6,11-13,15,24H,7-10H2,1-2H3. The zero-order chi connectivity index (χ0) is 21.5. The van der Waals surface area contributed by atoms with Crippen molar-refractivity contribution in [2.45, 2.75) is 30.6 Å². The summed E-state index contributed by atoms with van der Waals surface area (Å²) in [5.41, 5.74) is 1.49. The first kappa shape index (κ1) is 20.6. The van der Waals surface area contributed by atoms with Gasteiger partial charge >= 0.3 is 5.97 Å². The number of fused-ring (bicyclic) bond motifs is 1.